The second-order valence-electron chi connectivity index (χ2n) is 4.05. The zero-order chi connectivity index (χ0) is 12.4. The Balaban J connectivity index is 2.26. The minimum Gasteiger partial charge on any atom is -0.497 e. The highest BCUT2D eigenvalue weighted by Gasteiger charge is 2.30. The van der Waals surface area contributed by atoms with Crippen LogP contribution in [-0.2, 0) is 4.79 Å². The van der Waals surface area contributed by atoms with Gasteiger partial charge in [0.25, 0.3) is 0 Å². The smallest absolute Gasteiger partial charge is 0.227 e. The third-order valence-electron chi connectivity index (χ3n) is 2.87. The molecule has 3 nitrogen and oxygen atoms in total. The lowest BCUT2D eigenvalue weighted by atomic mass is 10.1. The van der Waals surface area contributed by atoms with Crippen LogP contribution in [0.25, 0.3) is 0 Å². The first-order valence-electron chi connectivity index (χ1n) is 5.35. The lowest BCUT2D eigenvalue weighted by molar-refractivity contribution is -0.117. The van der Waals surface area contributed by atoms with E-state index in [2.05, 4.69) is 15.9 Å². The van der Waals surface area contributed by atoms with E-state index in [4.69, 9.17) is 16.3 Å². The Hall–Kier alpha value is -0.740. The largest absolute Gasteiger partial charge is 0.497 e. The molecule has 92 valence electrons. The fourth-order valence-electron chi connectivity index (χ4n) is 1.95. The summed E-state index contributed by atoms with van der Waals surface area (Å²) in [6.07, 6.45) is 0.530. The first kappa shape index (κ1) is 12.7. The van der Waals surface area contributed by atoms with Gasteiger partial charge in [-0.1, -0.05) is 0 Å². The molecule has 1 heterocycles. The van der Waals surface area contributed by atoms with Gasteiger partial charge in [-0.05, 0) is 40.0 Å². The number of nitrogens with zero attached hydrogens (tertiary/aromatic N) is 1. The van der Waals surface area contributed by atoms with E-state index in [-0.39, 0.29) is 11.8 Å². The van der Waals surface area contributed by atoms with Gasteiger partial charge < -0.3 is 9.64 Å². The molecule has 0 radical (unpaired) electrons. The predicted octanol–water partition coefficient (Wildman–Crippen LogP) is 3.05. The molecule has 2 rings (SSSR count). The van der Waals surface area contributed by atoms with Gasteiger partial charge in [-0.25, -0.2) is 0 Å². The average molecular weight is 319 g/mol. The van der Waals surface area contributed by atoms with Gasteiger partial charge in [0.1, 0.15) is 5.75 Å². The highest BCUT2D eigenvalue weighted by molar-refractivity contribution is 9.10. The van der Waals surface area contributed by atoms with Crippen molar-refractivity contribution in [2.24, 2.45) is 5.92 Å². The number of halogens is 2. The Bertz CT molecular complexity index is 439. The van der Waals surface area contributed by atoms with Crippen LogP contribution in [0.4, 0.5) is 5.69 Å². The molecule has 1 aliphatic rings. The van der Waals surface area contributed by atoms with Crippen LogP contribution in [0, 0.1) is 5.92 Å². The maximum absolute atomic E-state index is 11.9. The lowest BCUT2D eigenvalue weighted by Gasteiger charge is -2.18. The maximum atomic E-state index is 11.9. The fourth-order valence-corrected chi connectivity index (χ4v) is 2.73. The molecule has 0 N–H and O–H groups in total. The number of benzene rings is 1. The Morgan fingerprint density at radius 3 is 2.88 bits per heavy atom. The standard InChI is InChI=1S/C12H13BrClNO2/c1-17-9-2-3-11(10(13)5-9)15-7-8(6-14)4-12(15)16/h2-3,5,8H,4,6-7H2,1H3. The second-order valence-corrected chi connectivity index (χ2v) is 5.21. The zero-order valence-corrected chi connectivity index (χ0v) is 11.8. The molecular weight excluding hydrogens is 305 g/mol. The maximum Gasteiger partial charge on any atom is 0.227 e. The molecule has 0 saturated carbocycles. The Kier molecular flexibility index (Phi) is 3.94. The highest BCUT2D eigenvalue weighted by atomic mass is 79.9. The normalized spacial score (nSPS) is 19.8. The van der Waals surface area contributed by atoms with Crippen LogP contribution in [0.15, 0.2) is 22.7 Å². The monoisotopic (exact) mass is 317 g/mol. The van der Waals surface area contributed by atoms with Crippen molar-refractivity contribution in [3.63, 3.8) is 0 Å². The topological polar surface area (TPSA) is 29.5 Å². The molecule has 1 atom stereocenters. The van der Waals surface area contributed by atoms with Gasteiger partial charge in [0.2, 0.25) is 5.91 Å². The summed E-state index contributed by atoms with van der Waals surface area (Å²) < 4.78 is 5.99. The molecule has 1 aliphatic heterocycles. The molecule has 0 spiro atoms. The van der Waals surface area contributed by atoms with E-state index >= 15 is 0 Å². The molecule has 0 aromatic heterocycles. The van der Waals surface area contributed by atoms with Gasteiger partial charge in [-0.3, -0.25) is 4.79 Å². The van der Waals surface area contributed by atoms with E-state index in [0.717, 1.165) is 15.9 Å². The molecule has 5 heteroatoms. The van der Waals surface area contributed by atoms with E-state index in [9.17, 15) is 4.79 Å². The van der Waals surface area contributed by atoms with Crippen LogP contribution >= 0.6 is 27.5 Å². The van der Waals surface area contributed by atoms with Crippen molar-refractivity contribution in [1.29, 1.82) is 0 Å². The fraction of sp³-hybridized carbons (Fsp3) is 0.417. The minimum absolute atomic E-state index is 0.126. The third kappa shape index (κ3) is 2.58. The molecule has 1 unspecified atom stereocenters. The quantitative estimate of drug-likeness (QED) is 0.802. The van der Waals surface area contributed by atoms with E-state index in [1.54, 1.807) is 12.0 Å². The SMILES string of the molecule is COc1ccc(N2CC(CCl)CC2=O)c(Br)c1. The molecule has 0 bridgehead atoms. The van der Waals surface area contributed by atoms with Crippen molar-refractivity contribution >= 4 is 39.1 Å². The Morgan fingerprint density at radius 1 is 1.59 bits per heavy atom. The van der Waals surface area contributed by atoms with Crippen LogP contribution in [-0.4, -0.2) is 25.4 Å². The molecule has 1 aromatic carbocycles. The van der Waals surface area contributed by atoms with E-state index < -0.39 is 0 Å². The molecule has 1 aromatic rings. The van der Waals surface area contributed by atoms with Crippen molar-refractivity contribution in [2.75, 3.05) is 24.4 Å². The summed E-state index contributed by atoms with van der Waals surface area (Å²) in [5.41, 5.74) is 0.878. The number of carbonyl (C=O) groups excluding carboxylic acids is 1. The van der Waals surface area contributed by atoms with Gasteiger partial charge in [-0.2, -0.15) is 0 Å². The van der Waals surface area contributed by atoms with E-state index in [0.29, 0.717) is 18.8 Å². The van der Waals surface area contributed by atoms with Crippen molar-refractivity contribution in [2.45, 2.75) is 6.42 Å². The van der Waals surface area contributed by atoms with Gasteiger partial charge in [0, 0.05) is 23.3 Å². The summed E-state index contributed by atoms with van der Waals surface area (Å²) in [6.45, 7) is 0.688. The summed E-state index contributed by atoms with van der Waals surface area (Å²) in [4.78, 5) is 13.6. The summed E-state index contributed by atoms with van der Waals surface area (Å²) in [5, 5.41) is 0. The van der Waals surface area contributed by atoms with Gasteiger partial charge in [0.05, 0.1) is 12.8 Å². The predicted molar refractivity (Wildman–Crippen MR) is 71.9 cm³/mol. The second kappa shape index (κ2) is 5.27. The number of anilines is 1. The van der Waals surface area contributed by atoms with Crippen molar-refractivity contribution in [1.82, 2.24) is 0 Å². The molecule has 1 saturated heterocycles. The summed E-state index contributed by atoms with van der Waals surface area (Å²) in [7, 11) is 1.62. The molecule has 1 amide bonds. The third-order valence-corrected chi connectivity index (χ3v) is 3.94. The van der Waals surface area contributed by atoms with Crippen LogP contribution in [0.2, 0.25) is 0 Å². The van der Waals surface area contributed by atoms with E-state index in [1.807, 2.05) is 18.2 Å². The number of ether oxygens (including phenoxy) is 1. The molecule has 0 aliphatic carbocycles. The van der Waals surface area contributed by atoms with Gasteiger partial charge >= 0.3 is 0 Å². The lowest BCUT2D eigenvalue weighted by Crippen LogP contribution is -2.25. The molecular formula is C12H13BrClNO2. The molecule has 17 heavy (non-hydrogen) atoms. The van der Waals surface area contributed by atoms with Crippen molar-refractivity contribution in [3.8, 4) is 5.75 Å². The Labute approximate surface area is 114 Å². The number of alkyl halides is 1. The summed E-state index contributed by atoms with van der Waals surface area (Å²) in [5.74, 6) is 1.66. The highest BCUT2D eigenvalue weighted by Crippen LogP contribution is 2.34. The van der Waals surface area contributed by atoms with Gasteiger partial charge in [-0.15, -0.1) is 11.6 Å². The van der Waals surface area contributed by atoms with Crippen LogP contribution < -0.4 is 9.64 Å². The average Bonchev–Trinajstić information content (AvgIpc) is 2.70. The van der Waals surface area contributed by atoms with Crippen LogP contribution in [0.3, 0.4) is 0 Å². The summed E-state index contributed by atoms with van der Waals surface area (Å²) in [6, 6.07) is 5.59. The van der Waals surface area contributed by atoms with Crippen LogP contribution in [0.5, 0.6) is 5.75 Å². The minimum atomic E-state index is 0.126. The van der Waals surface area contributed by atoms with Gasteiger partial charge in [0.15, 0.2) is 0 Å². The first-order valence-corrected chi connectivity index (χ1v) is 6.68. The zero-order valence-electron chi connectivity index (χ0n) is 9.45. The van der Waals surface area contributed by atoms with Crippen LogP contribution in [0.1, 0.15) is 6.42 Å². The number of rotatable bonds is 3. The van der Waals surface area contributed by atoms with Crippen molar-refractivity contribution in [3.05, 3.63) is 22.7 Å². The number of hydrogen-bond acceptors (Lipinski definition) is 2. The summed E-state index contributed by atoms with van der Waals surface area (Å²) >= 11 is 9.26. The number of amides is 1. The molecule has 1 fully saturated rings. The first-order chi connectivity index (χ1) is 8.15. The number of methoxy groups -OCH3 is 1. The number of hydrogen-bond donors (Lipinski definition) is 0. The number of carbonyl (C=O) groups is 1. The Morgan fingerprint density at radius 2 is 2.35 bits per heavy atom. The van der Waals surface area contributed by atoms with E-state index in [1.165, 1.54) is 0 Å². The van der Waals surface area contributed by atoms with Crippen molar-refractivity contribution < 1.29 is 9.53 Å².